The number of fused-ring (bicyclic) bond motifs is 3. The van der Waals surface area contributed by atoms with Gasteiger partial charge in [0, 0.05) is 12.8 Å². The highest BCUT2D eigenvalue weighted by Crippen LogP contribution is 2.74. The molecule has 9 nitrogen and oxygen atoms in total. The van der Waals surface area contributed by atoms with E-state index in [1.165, 1.54) is 6.92 Å². The standard InChI is InChI=1S/C24H29F3O9S/c1-9-8-22-10(2)7-13-15(21(13,5)6)14(17(22)29)16(36-37(31,32)24(25,26)27)11(3)19-23(22,35-20(30)34-19)18(9)33-12(4)28/h8,10-11,13-16,18-19H,7H2,1-6H3/t10-,11+,13-,14?,15-,16-,18?,19-,22?,23?/m1/s1. The van der Waals surface area contributed by atoms with Gasteiger partial charge in [0.1, 0.15) is 0 Å². The van der Waals surface area contributed by atoms with Crippen molar-refractivity contribution in [3.63, 3.8) is 0 Å². The molecule has 4 fully saturated rings. The Kier molecular flexibility index (Phi) is 5.35. The summed E-state index contributed by atoms with van der Waals surface area (Å²) in [5, 5.41) is 0. The zero-order chi connectivity index (χ0) is 27.7. The number of ketones is 1. The third-order valence-electron chi connectivity index (χ3n) is 9.58. The molecule has 13 heteroatoms. The molecule has 206 valence electrons. The van der Waals surface area contributed by atoms with E-state index in [0.717, 1.165) is 6.92 Å². The SMILES string of the molecule is CC(=O)OC1C(C)=CC23C(=O)C([C@H](OS(=O)(=O)C(F)(F)F)[C@H](C)[C@H]4OC(=O)OC142)[C@H]1[C@@H](C[C@H]3C)C1(C)C. The molecular formula is C24H29F3O9S. The molecule has 0 N–H and O–H groups in total. The van der Waals surface area contributed by atoms with Crippen LogP contribution in [0.25, 0.3) is 0 Å². The Morgan fingerprint density at radius 1 is 1.19 bits per heavy atom. The Labute approximate surface area is 212 Å². The molecular weight excluding hydrogens is 521 g/mol. The van der Waals surface area contributed by atoms with Gasteiger partial charge >= 0.3 is 27.8 Å². The molecule has 1 aliphatic heterocycles. The van der Waals surface area contributed by atoms with Crippen LogP contribution in [0.4, 0.5) is 18.0 Å². The van der Waals surface area contributed by atoms with E-state index in [0.29, 0.717) is 12.0 Å². The third kappa shape index (κ3) is 3.12. The van der Waals surface area contributed by atoms with Gasteiger partial charge in [-0.25, -0.2) is 4.79 Å². The highest BCUT2D eigenvalue weighted by Gasteiger charge is 2.83. The number of hydrogen-bond donors (Lipinski definition) is 0. The molecule has 1 heterocycles. The van der Waals surface area contributed by atoms with Crippen molar-refractivity contribution in [3.8, 4) is 0 Å². The molecule has 0 aromatic rings. The van der Waals surface area contributed by atoms with Crippen molar-refractivity contribution in [1.82, 2.24) is 0 Å². The van der Waals surface area contributed by atoms with Gasteiger partial charge in [0.15, 0.2) is 18.0 Å². The second-order valence-electron chi connectivity index (χ2n) is 11.7. The van der Waals surface area contributed by atoms with E-state index in [4.69, 9.17) is 18.4 Å². The van der Waals surface area contributed by atoms with Crippen LogP contribution in [-0.4, -0.2) is 55.7 Å². The number of alkyl halides is 3. The van der Waals surface area contributed by atoms with Crippen LogP contribution in [-0.2, 0) is 38.1 Å². The lowest BCUT2D eigenvalue weighted by Gasteiger charge is -2.47. The van der Waals surface area contributed by atoms with Crippen LogP contribution in [0.5, 0.6) is 0 Å². The molecule has 4 aliphatic carbocycles. The average Bonchev–Trinajstić information content (AvgIpc) is 3.03. The second kappa shape index (κ2) is 7.49. The maximum Gasteiger partial charge on any atom is 0.523 e. The van der Waals surface area contributed by atoms with Crippen LogP contribution in [0.1, 0.15) is 48.0 Å². The minimum Gasteiger partial charge on any atom is -0.454 e. The quantitative estimate of drug-likeness (QED) is 0.225. The smallest absolute Gasteiger partial charge is 0.454 e. The summed E-state index contributed by atoms with van der Waals surface area (Å²) in [6.45, 7) is 9.69. The van der Waals surface area contributed by atoms with Gasteiger partial charge in [-0.05, 0) is 42.1 Å². The summed E-state index contributed by atoms with van der Waals surface area (Å²) in [5.41, 5.74) is -9.35. The summed E-state index contributed by atoms with van der Waals surface area (Å²) < 4.78 is 86.7. The van der Waals surface area contributed by atoms with E-state index >= 15 is 0 Å². The molecule has 0 radical (unpaired) electrons. The van der Waals surface area contributed by atoms with Crippen molar-refractivity contribution in [2.45, 2.75) is 77.4 Å². The molecule has 0 aromatic heterocycles. The Morgan fingerprint density at radius 3 is 2.38 bits per heavy atom. The molecule has 5 aliphatic rings. The van der Waals surface area contributed by atoms with Crippen molar-refractivity contribution in [2.24, 2.45) is 40.4 Å². The maximum absolute atomic E-state index is 14.7. The van der Waals surface area contributed by atoms with Crippen LogP contribution >= 0.6 is 0 Å². The molecule has 10 atom stereocenters. The molecule has 5 rings (SSSR count). The van der Waals surface area contributed by atoms with Crippen molar-refractivity contribution >= 4 is 28.0 Å². The molecule has 2 spiro atoms. The summed E-state index contributed by atoms with van der Waals surface area (Å²) in [4.78, 5) is 39.5. The van der Waals surface area contributed by atoms with E-state index in [1.54, 1.807) is 19.9 Å². The first kappa shape index (κ1) is 26.5. The van der Waals surface area contributed by atoms with Crippen LogP contribution in [0.3, 0.4) is 0 Å². The fourth-order valence-corrected chi connectivity index (χ4v) is 8.77. The average molecular weight is 551 g/mol. The van der Waals surface area contributed by atoms with Crippen LogP contribution in [0.2, 0.25) is 0 Å². The Bertz CT molecular complexity index is 1220. The maximum atomic E-state index is 14.7. The van der Waals surface area contributed by atoms with Crippen molar-refractivity contribution in [1.29, 1.82) is 0 Å². The van der Waals surface area contributed by atoms with Crippen molar-refractivity contribution in [2.75, 3.05) is 0 Å². The van der Waals surface area contributed by atoms with Gasteiger partial charge in [0.25, 0.3) is 0 Å². The van der Waals surface area contributed by atoms with Gasteiger partial charge in [0.2, 0.25) is 5.60 Å². The van der Waals surface area contributed by atoms with Gasteiger partial charge in [0.05, 0.1) is 17.4 Å². The van der Waals surface area contributed by atoms with Gasteiger partial charge in [-0.15, -0.1) is 0 Å². The lowest BCUT2D eigenvalue weighted by molar-refractivity contribution is -0.181. The summed E-state index contributed by atoms with van der Waals surface area (Å²) in [6, 6.07) is 0. The molecule has 3 saturated carbocycles. The molecule has 4 unspecified atom stereocenters. The number of esters is 1. The van der Waals surface area contributed by atoms with Crippen LogP contribution in [0.15, 0.2) is 11.6 Å². The largest absolute Gasteiger partial charge is 0.523 e. The van der Waals surface area contributed by atoms with Gasteiger partial charge in [-0.3, -0.25) is 13.8 Å². The van der Waals surface area contributed by atoms with E-state index in [9.17, 15) is 36.0 Å². The normalized spacial score (nSPS) is 45.8. The van der Waals surface area contributed by atoms with Gasteiger partial charge in [-0.2, -0.15) is 21.6 Å². The third-order valence-corrected chi connectivity index (χ3v) is 10.6. The van der Waals surface area contributed by atoms with Crippen LogP contribution < -0.4 is 0 Å². The van der Waals surface area contributed by atoms with E-state index in [1.807, 2.05) is 13.8 Å². The van der Waals surface area contributed by atoms with Crippen molar-refractivity contribution in [3.05, 3.63) is 11.6 Å². The second-order valence-corrected chi connectivity index (χ2v) is 13.3. The van der Waals surface area contributed by atoms with E-state index < -0.39 is 91.9 Å². The van der Waals surface area contributed by atoms with Crippen LogP contribution in [0, 0.1) is 40.4 Å². The van der Waals surface area contributed by atoms with E-state index in [2.05, 4.69) is 0 Å². The summed E-state index contributed by atoms with van der Waals surface area (Å²) in [7, 11) is -6.12. The van der Waals surface area contributed by atoms with E-state index in [-0.39, 0.29) is 5.92 Å². The molecule has 0 aromatic carbocycles. The number of halogens is 3. The fourth-order valence-electron chi connectivity index (χ4n) is 8.07. The topological polar surface area (TPSA) is 122 Å². The number of carbonyl (C=O) groups excluding carboxylic acids is 3. The number of rotatable bonds is 3. The van der Waals surface area contributed by atoms with Gasteiger partial charge < -0.3 is 14.2 Å². The molecule has 1 saturated heterocycles. The zero-order valence-electron chi connectivity index (χ0n) is 21.1. The minimum absolute atomic E-state index is 0.129. The lowest BCUT2D eigenvalue weighted by atomic mass is 9.59. The number of hydrogen-bond acceptors (Lipinski definition) is 9. The molecule has 37 heavy (non-hydrogen) atoms. The summed E-state index contributed by atoms with van der Waals surface area (Å²) in [6.07, 6.45) is -3.68. The Morgan fingerprint density at radius 2 is 1.81 bits per heavy atom. The number of ether oxygens (including phenoxy) is 3. The number of Topliss-reactive ketones (excluding diaryl/α,β-unsaturated/α-hetero) is 1. The lowest BCUT2D eigenvalue weighted by Crippen LogP contribution is -2.65. The Balaban J connectivity index is 1.79. The van der Waals surface area contributed by atoms with Gasteiger partial charge in [-0.1, -0.05) is 33.8 Å². The Hall–Kier alpha value is -2.15. The first-order valence-electron chi connectivity index (χ1n) is 12.1. The summed E-state index contributed by atoms with van der Waals surface area (Å²) >= 11 is 0. The number of carbonyl (C=O) groups is 3. The predicted octanol–water partition coefficient (Wildman–Crippen LogP) is 3.52. The van der Waals surface area contributed by atoms with Crippen molar-refractivity contribution < 1.29 is 54.4 Å². The fraction of sp³-hybridized carbons (Fsp3) is 0.792. The highest BCUT2D eigenvalue weighted by molar-refractivity contribution is 7.87. The first-order chi connectivity index (χ1) is 16.8. The molecule has 0 amide bonds. The minimum atomic E-state index is -6.12. The predicted molar refractivity (Wildman–Crippen MR) is 118 cm³/mol. The summed E-state index contributed by atoms with van der Waals surface area (Å²) in [5.74, 6) is -4.98. The monoisotopic (exact) mass is 550 g/mol. The first-order valence-corrected chi connectivity index (χ1v) is 13.6. The highest BCUT2D eigenvalue weighted by atomic mass is 32.2. The zero-order valence-corrected chi connectivity index (χ0v) is 21.9. The molecule has 2 bridgehead atoms.